The third kappa shape index (κ3) is 4.43. The lowest BCUT2D eigenvalue weighted by Crippen LogP contribution is -2.46. The van der Waals surface area contributed by atoms with Gasteiger partial charge in [0.15, 0.2) is 0 Å². The van der Waals surface area contributed by atoms with Crippen molar-refractivity contribution in [3.8, 4) is 11.1 Å². The van der Waals surface area contributed by atoms with E-state index >= 15 is 0 Å². The van der Waals surface area contributed by atoms with Gasteiger partial charge in [-0.2, -0.15) is 0 Å². The predicted molar refractivity (Wildman–Crippen MR) is 129 cm³/mol. The molecular formula is C28H38N2O. The summed E-state index contributed by atoms with van der Waals surface area (Å²) in [7, 11) is 0. The van der Waals surface area contributed by atoms with Crippen LogP contribution >= 0.6 is 0 Å². The second-order valence-corrected chi connectivity index (χ2v) is 10.9. The van der Waals surface area contributed by atoms with E-state index in [1.807, 2.05) is 0 Å². The van der Waals surface area contributed by atoms with Crippen molar-refractivity contribution in [2.45, 2.75) is 58.8 Å². The number of fused-ring (bicyclic) bond motifs is 3. The van der Waals surface area contributed by atoms with Crippen molar-refractivity contribution < 1.29 is 4.79 Å². The standard InChI is InChI=1S/C28H38N2O/c1-21-15-18-30(19-21)17-10-9-16-28(26(31)29-20-27(2,3)4)24-13-7-5-11-22(24)23-12-6-8-14-25(23)28/h5-8,11-14,21H,9-10,15-20H2,1-4H3,(H,29,31). The molecule has 3 heteroatoms. The number of hydrogen-bond acceptors (Lipinski definition) is 2. The number of carbonyl (C=O) groups is 1. The lowest BCUT2D eigenvalue weighted by atomic mass is 9.73. The number of nitrogens with one attached hydrogen (secondary N) is 1. The zero-order valence-corrected chi connectivity index (χ0v) is 19.7. The highest BCUT2D eigenvalue weighted by Crippen LogP contribution is 2.51. The monoisotopic (exact) mass is 418 g/mol. The van der Waals surface area contributed by atoms with Gasteiger partial charge >= 0.3 is 0 Å². The predicted octanol–water partition coefficient (Wildman–Crippen LogP) is 5.63. The van der Waals surface area contributed by atoms with Gasteiger partial charge in [0.1, 0.15) is 5.41 Å². The maximum Gasteiger partial charge on any atom is 0.235 e. The molecule has 4 rings (SSSR count). The van der Waals surface area contributed by atoms with E-state index in [9.17, 15) is 4.79 Å². The highest BCUT2D eigenvalue weighted by Gasteiger charge is 2.48. The van der Waals surface area contributed by atoms with E-state index in [1.54, 1.807) is 0 Å². The average molecular weight is 419 g/mol. The van der Waals surface area contributed by atoms with Crippen molar-refractivity contribution in [2.24, 2.45) is 11.3 Å². The van der Waals surface area contributed by atoms with Crippen LogP contribution in [-0.4, -0.2) is 37.0 Å². The highest BCUT2D eigenvalue weighted by molar-refractivity contribution is 6.00. The van der Waals surface area contributed by atoms with E-state index in [4.69, 9.17) is 0 Å². The fourth-order valence-corrected chi connectivity index (χ4v) is 5.40. The lowest BCUT2D eigenvalue weighted by Gasteiger charge is -2.32. The minimum Gasteiger partial charge on any atom is -0.355 e. The number of nitrogens with zero attached hydrogens (tertiary/aromatic N) is 1. The normalized spacial score (nSPS) is 19.8. The van der Waals surface area contributed by atoms with Gasteiger partial charge in [-0.1, -0.05) is 82.6 Å². The van der Waals surface area contributed by atoms with Crippen LogP contribution in [0.15, 0.2) is 48.5 Å². The summed E-state index contributed by atoms with van der Waals surface area (Å²) in [4.78, 5) is 16.5. The maximum absolute atomic E-state index is 13.9. The summed E-state index contributed by atoms with van der Waals surface area (Å²) in [6.07, 6.45) is 4.38. The zero-order chi connectivity index (χ0) is 22.1. The first-order chi connectivity index (χ1) is 14.8. The number of hydrogen-bond donors (Lipinski definition) is 1. The van der Waals surface area contributed by atoms with E-state index in [0.717, 1.165) is 31.7 Å². The fraction of sp³-hybridized carbons (Fsp3) is 0.536. The van der Waals surface area contributed by atoms with Crippen molar-refractivity contribution in [1.82, 2.24) is 10.2 Å². The topological polar surface area (TPSA) is 32.3 Å². The summed E-state index contributed by atoms with van der Waals surface area (Å²) in [6.45, 7) is 13.2. The van der Waals surface area contributed by atoms with Gasteiger partial charge in [-0.25, -0.2) is 0 Å². The molecule has 0 radical (unpaired) electrons. The quantitative estimate of drug-likeness (QED) is 0.591. The Kier molecular flexibility index (Phi) is 6.25. The smallest absolute Gasteiger partial charge is 0.235 e. The largest absolute Gasteiger partial charge is 0.355 e. The molecule has 2 aromatic rings. The average Bonchev–Trinajstić information content (AvgIpc) is 3.29. The van der Waals surface area contributed by atoms with Gasteiger partial charge in [-0.3, -0.25) is 4.79 Å². The summed E-state index contributed by atoms with van der Waals surface area (Å²) in [5.41, 5.74) is 4.27. The van der Waals surface area contributed by atoms with Crippen LogP contribution in [0.25, 0.3) is 11.1 Å². The molecule has 1 amide bonds. The second kappa shape index (κ2) is 8.78. The molecule has 3 nitrogen and oxygen atoms in total. The van der Waals surface area contributed by atoms with Gasteiger partial charge < -0.3 is 10.2 Å². The summed E-state index contributed by atoms with van der Waals surface area (Å²) >= 11 is 0. The number of benzene rings is 2. The Balaban J connectivity index is 1.61. The van der Waals surface area contributed by atoms with Crippen LogP contribution in [0.3, 0.4) is 0 Å². The summed E-state index contributed by atoms with van der Waals surface area (Å²) in [5.74, 6) is 0.984. The highest BCUT2D eigenvalue weighted by atomic mass is 16.2. The van der Waals surface area contributed by atoms with Gasteiger partial charge in [0.05, 0.1) is 0 Å². The van der Waals surface area contributed by atoms with Crippen molar-refractivity contribution in [2.75, 3.05) is 26.2 Å². The lowest BCUT2D eigenvalue weighted by molar-refractivity contribution is -0.126. The number of rotatable bonds is 7. The molecule has 1 unspecified atom stereocenters. The first-order valence-electron chi connectivity index (χ1n) is 12.0. The molecule has 1 N–H and O–H groups in total. The zero-order valence-electron chi connectivity index (χ0n) is 19.7. The number of amides is 1. The van der Waals surface area contributed by atoms with Crippen LogP contribution in [0.1, 0.15) is 64.5 Å². The third-order valence-electron chi connectivity index (χ3n) is 7.01. The van der Waals surface area contributed by atoms with Crippen LogP contribution in [0, 0.1) is 11.3 Å². The molecule has 1 atom stereocenters. The first kappa shape index (κ1) is 22.1. The molecule has 0 aromatic heterocycles. The van der Waals surface area contributed by atoms with Gasteiger partial charge in [-0.15, -0.1) is 0 Å². The Bertz CT molecular complexity index is 881. The number of unbranched alkanes of at least 4 members (excludes halogenated alkanes) is 1. The molecule has 31 heavy (non-hydrogen) atoms. The molecule has 0 spiro atoms. The molecule has 0 saturated carbocycles. The van der Waals surface area contributed by atoms with E-state index < -0.39 is 5.41 Å². The van der Waals surface area contributed by atoms with Crippen LogP contribution in [0.4, 0.5) is 0 Å². The Morgan fingerprint density at radius 1 is 1.03 bits per heavy atom. The number of carbonyl (C=O) groups excluding carboxylic acids is 1. The minimum absolute atomic E-state index is 0.0565. The van der Waals surface area contributed by atoms with Crippen molar-refractivity contribution >= 4 is 5.91 Å². The number of likely N-dealkylation sites (tertiary alicyclic amines) is 1. The Labute approximate surface area is 188 Å². The van der Waals surface area contributed by atoms with E-state index in [2.05, 4.69) is 86.4 Å². The van der Waals surface area contributed by atoms with Crippen molar-refractivity contribution in [1.29, 1.82) is 0 Å². The van der Waals surface area contributed by atoms with Crippen molar-refractivity contribution in [3.63, 3.8) is 0 Å². The van der Waals surface area contributed by atoms with Gasteiger partial charge in [0, 0.05) is 13.1 Å². The molecule has 0 bridgehead atoms. The molecule has 1 fully saturated rings. The molecule has 2 aromatic carbocycles. The Hall–Kier alpha value is -2.13. The molecule has 166 valence electrons. The Morgan fingerprint density at radius 2 is 1.65 bits per heavy atom. The summed E-state index contributed by atoms with van der Waals surface area (Å²) in [6, 6.07) is 17.1. The van der Waals surface area contributed by atoms with Crippen LogP contribution in [0.2, 0.25) is 0 Å². The van der Waals surface area contributed by atoms with Gasteiger partial charge in [0.25, 0.3) is 0 Å². The van der Waals surface area contributed by atoms with Crippen molar-refractivity contribution in [3.05, 3.63) is 59.7 Å². The molecular weight excluding hydrogens is 380 g/mol. The van der Waals surface area contributed by atoms with Crippen LogP contribution in [-0.2, 0) is 10.2 Å². The third-order valence-corrected chi connectivity index (χ3v) is 7.01. The van der Waals surface area contributed by atoms with E-state index in [-0.39, 0.29) is 11.3 Å². The Morgan fingerprint density at radius 3 is 2.19 bits per heavy atom. The minimum atomic E-state index is -0.587. The summed E-state index contributed by atoms with van der Waals surface area (Å²) < 4.78 is 0. The van der Waals surface area contributed by atoms with Crippen LogP contribution in [0.5, 0.6) is 0 Å². The SMILES string of the molecule is CC1CCN(CCCCC2(C(=O)NCC(C)(C)C)c3ccccc3-c3ccccc32)C1. The molecule has 1 heterocycles. The van der Waals surface area contributed by atoms with E-state index in [0.29, 0.717) is 6.54 Å². The molecule has 2 aliphatic rings. The summed E-state index contributed by atoms with van der Waals surface area (Å²) in [5, 5.41) is 3.33. The molecule has 1 aliphatic heterocycles. The first-order valence-corrected chi connectivity index (χ1v) is 12.0. The second-order valence-electron chi connectivity index (χ2n) is 10.9. The molecule has 1 saturated heterocycles. The van der Waals surface area contributed by atoms with E-state index in [1.165, 1.54) is 41.8 Å². The van der Waals surface area contributed by atoms with Crippen LogP contribution < -0.4 is 5.32 Å². The van der Waals surface area contributed by atoms with Gasteiger partial charge in [-0.05, 0) is 65.9 Å². The maximum atomic E-state index is 13.9. The fourth-order valence-electron chi connectivity index (χ4n) is 5.40. The van der Waals surface area contributed by atoms with Gasteiger partial charge in [0.2, 0.25) is 5.91 Å². The molecule has 1 aliphatic carbocycles.